The molecule has 0 aliphatic carbocycles. The normalized spacial score (nSPS) is 16.6. The molecule has 0 aromatic heterocycles. The van der Waals surface area contributed by atoms with E-state index < -0.39 is 6.10 Å². The standard InChI is InChI=1S/C19H27NO4/c1-5-23-19(22)16-9-11-20(12-10-16)18(21)15(4)24-17-8-6-7-13(2)14(17)3/h6-8,15-16H,5,9-12H2,1-4H3. The van der Waals surface area contributed by atoms with Crippen molar-refractivity contribution in [3.8, 4) is 5.75 Å². The van der Waals surface area contributed by atoms with E-state index >= 15 is 0 Å². The monoisotopic (exact) mass is 333 g/mol. The summed E-state index contributed by atoms with van der Waals surface area (Å²) in [5.74, 6) is 0.476. The van der Waals surface area contributed by atoms with Crippen LogP contribution in [0.3, 0.4) is 0 Å². The average molecular weight is 333 g/mol. The van der Waals surface area contributed by atoms with Crippen LogP contribution in [0.4, 0.5) is 0 Å². The fourth-order valence-corrected chi connectivity index (χ4v) is 2.95. The molecule has 1 aromatic rings. The summed E-state index contributed by atoms with van der Waals surface area (Å²) in [6.45, 7) is 9.15. The van der Waals surface area contributed by atoms with E-state index in [9.17, 15) is 9.59 Å². The molecule has 0 radical (unpaired) electrons. The molecule has 0 N–H and O–H groups in total. The van der Waals surface area contributed by atoms with Crippen LogP contribution in [-0.2, 0) is 14.3 Å². The first-order valence-electron chi connectivity index (χ1n) is 8.62. The van der Waals surface area contributed by atoms with Crippen molar-refractivity contribution in [3.05, 3.63) is 29.3 Å². The molecule has 1 aromatic carbocycles. The molecular weight excluding hydrogens is 306 g/mol. The molecule has 1 saturated heterocycles. The van der Waals surface area contributed by atoms with Gasteiger partial charge in [-0.3, -0.25) is 9.59 Å². The number of nitrogens with zero attached hydrogens (tertiary/aromatic N) is 1. The summed E-state index contributed by atoms with van der Waals surface area (Å²) in [6, 6.07) is 5.84. The van der Waals surface area contributed by atoms with Gasteiger partial charge in [-0.2, -0.15) is 0 Å². The molecule has 1 aliphatic heterocycles. The highest BCUT2D eigenvalue weighted by Crippen LogP contribution is 2.23. The molecule has 1 unspecified atom stereocenters. The zero-order chi connectivity index (χ0) is 17.7. The zero-order valence-electron chi connectivity index (χ0n) is 15.0. The van der Waals surface area contributed by atoms with Crippen LogP contribution in [0.15, 0.2) is 18.2 Å². The number of likely N-dealkylation sites (tertiary alicyclic amines) is 1. The van der Waals surface area contributed by atoms with Gasteiger partial charge in [-0.15, -0.1) is 0 Å². The van der Waals surface area contributed by atoms with Gasteiger partial charge in [0.25, 0.3) is 5.91 Å². The highest BCUT2D eigenvalue weighted by Gasteiger charge is 2.30. The molecule has 2 rings (SSSR count). The summed E-state index contributed by atoms with van der Waals surface area (Å²) in [5.41, 5.74) is 2.19. The van der Waals surface area contributed by atoms with E-state index in [4.69, 9.17) is 9.47 Å². The van der Waals surface area contributed by atoms with Gasteiger partial charge in [0.1, 0.15) is 5.75 Å². The third-order valence-electron chi connectivity index (χ3n) is 4.63. The Hall–Kier alpha value is -2.04. The minimum absolute atomic E-state index is 0.0294. The molecule has 1 heterocycles. The molecule has 0 bridgehead atoms. The Balaban J connectivity index is 1.90. The van der Waals surface area contributed by atoms with E-state index in [1.54, 1.807) is 11.8 Å². The molecule has 0 spiro atoms. The van der Waals surface area contributed by atoms with Crippen LogP contribution in [0.25, 0.3) is 0 Å². The number of benzene rings is 1. The van der Waals surface area contributed by atoms with Gasteiger partial charge in [-0.25, -0.2) is 0 Å². The van der Waals surface area contributed by atoms with E-state index in [1.807, 2.05) is 39.0 Å². The lowest BCUT2D eigenvalue weighted by Gasteiger charge is -2.32. The second kappa shape index (κ2) is 8.18. The van der Waals surface area contributed by atoms with Crippen LogP contribution >= 0.6 is 0 Å². The number of hydrogen-bond donors (Lipinski definition) is 0. The second-order valence-electron chi connectivity index (χ2n) is 6.31. The number of ether oxygens (including phenoxy) is 2. The fraction of sp³-hybridized carbons (Fsp3) is 0.579. The van der Waals surface area contributed by atoms with E-state index in [0.717, 1.165) is 16.9 Å². The van der Waals surface area contributed by atoms with Crippen molar-refractivity contribution in [2.75, 3.05) is 19.7 Å². The summed E-state index contributed by atoms with van der Waals surface area (Å²) in [5, 5.41) is 0. The van der Waals surface area contributed by atoms with Crippen molar-refractivity contribution in [2.24, 2.45) is 5.92 Å². The molecule has 24 heavy (non-hydrogen) atoms. The van der Waals surface area contributed by atoms with Gasteiger partial charge in [0.15, 0.2) is 6.10 Å². The first kappa shape index (κ1) is 18.3. The molecule has 1 fully saturated rings. The third kappa shape index (κ3) is 4.28. The van der Waals surface area contributed by atoms with E-state index in [0.29, 0.717) is 32.5 Å². The molecule has 132 valence electrons. The van der Waals surface area contributed by atoms with E-state index in [2.05, 4.69) is 0 Å². The Labute approximate surface area is 143 Å². The number of amides is 1. The lowest BCUT2D eigenvalue weighted by Crippen LogP contribution is -2.46. The molecular formula is C19H27NO4. The largest absolute Gasteiger partial charge is 0.481 e. The molecule has 1 aliphatic rings. The minimum atomic E-state index is -0.537. The summed E-state index contributed by atoms with van der Waals surface area (Å²) in [4.78, 5) is 26.1. The van der Waals surface area contributed by atoms with Crippen molar-refractivity contribution in [3.63, 3.8) is 0 Å². The maximum atomic E-state index is 12.6. The Morgan fingerprint density at radius 2 is 1.92 bits per heavy atom. The number of carbonyl (C=O) groups is 2. The Bertz CT molecular complexity index is 591. The van der Waals surface area contributed by atoms with Gasteiger partial charge in [0.2, 0.25) is 0 Å². The van der Waals surface area contributed by atoms with Crippen LogP contribution in [0.1, 0.15) is 37.8 Å². The number of hydrogen-bond acceptors (Lipinski definition) is 4. The highest BCUT2D eigenvalue weighted by atomic mass is 16.5. The quantitative estimate of drug-likeness (QED) is 0.778. The number of rotatable bonds is 5. The Kier molecular flexibility index (Phi) is 6.23. The van der Waals surface area contributed by atoms with Crippen molar-refractivity contribution < 1.29 is 19.1 Å². The highest BCUT2D eigenvalue weighted by molar-refractivity contribution is 5.81. The van der Waals surface area contributed by atoms with Crippen LogP contribution < -0.4 is 4.74 Å². The number of piperidine rings is 1. The van der Waals surface area contributed by atoms with Crippen molar-refractivity contribution in [1.29, 1.82) is 0 Å². The van der Waals surface area contributed by atoms with Gasteiger partial charge < -0.3 is 14.4 Å². The van der Waals surface area contributed by atoms with Crippen LogP contribution in [0.5, 0.6) is 5.75 Å². The van der Waals surface area contributed by atoms with Crippen LogP contribution in [0, 0.1) is 19.8 Å². The number of carbonyl (C=O) groups excluding carboxylic acids is 2. The third-order valence-corrected chi connectivity index (χ3v) is 4.63. The van der Waals surface area contributed by atoms with Crippen molar-refractivity contribution >= 4 is 11.9 Å². The van der Waals surface area contributed by atoms with Crippen molar-refractivity contribution in [1.82, 2.24) is 4.90 Å². The summed E-state index contributed by atoms with van der Waals surface area (Å²) < 4.78 is 10.9. The van der Waals surface area contributed by atoms with Crippen molar-refractivity contribution in [2.45, 2.75) is 46.6 Å². The van der Waals surface area contributed by atoms with Gasteiger partial charge >= 0.3 is 5.97 Å². The first-order valence-corrected chi connectivity index (χ1v) is 8.62. The van der Waals surface area contributed by atoms with E-state index in [1.165, 1.54) is 0 Å². The zero-order valence-corrected chi connectivity index (χ0v) is 15.0. The first-order chi connectivity index (χ1) is 11.4. The van der Waals surface area contributed by atoms with E-state index in [-0.39, 0.29) is 17.8 Å². The lowest BCUT2D eigenvalue weighted by atomic mass is 9.96. The molecule has 5 nitrogen and oxygen atoms in total. The molecule has 1 amide bonds. The van der Waals surface area contributed by atoms with Gasteiger partial charge in [0, 0.05) is 13.1 Å². The summed E-state index contributed by atoms with van der Waals surface area (Å²) in [7, 11) is 0. The second-order valence-corrected chi connectivity index (χ2v) is 6.31. The Morgan fingerprint density at radius 3 is 2.54 bits per heavy atom. The summed E-state index contributed by atoms with van der Waals surface area (Å²) in [6.07, 6.45) is 0.770. The number of esters is 1. The smallest absolute Gasteiger partial charge is 0.309 e. The Morgan fingerprint density at radius 1 is 1.25 bits per heavy atom. The number of aryl methyl sites for hydroxylation is 1. The minimum Gasteiger partial charge on any atom is -0.481 e. The van der Waals surface area contributed by atoms with Gasteiger partial charge in [-0.1, -0.05) is 12.1 Å². The van der Waals surface area contributed by atoms with Gasteiger partial charge in [-0.05, 0) is 57.7 Å². The SMILES string of the molecule is CCOC(=O)C1CCN(C(=O)C(C)Oc2cccc(C)c2C)CC1. The predicted octanol–water partition coefficient (Wildman–Crippen LogP) is 2.87. The fourth-order valence-electron chi connectivity index (χ4n) is 2.95. The van der Waals surface area contributed by atoms with Crippen LogP contribution in [0.2, 0.25) is 0 Å². The van der Waals surface area contributed by atoms with Crippen LogP contribution in [-0.4, -0.2) is 42.6 Å². The molecule has 0 saturated carbocycles. The lowest BCUT2D eigenvalue weighted by molar-refractivity contribution is -0.152. The summed E-state index contributed by atoms with van der Waals surface area (Å²) >= 11 is 0. The van der Waals surface area contributed by atoms with Gasteiger partial charge in [0.05, 0.1) is 12.5 Å². The average Bonchev–Trinajstić information content (AvgIpc) is 2.58. The topological polar surface area (TPSA) is 55.8 Å². The molecule has 5 heteroatoms. The maximum Gasteiger partial charge on any atom is 0.309 e. The molecule has 1 atom stereocenters. The maximum absolute atomic E-state index is 12.6. The predicted molar refractivity (Wildman–Crippen MR) is 91.9 cm³/mol.